The maximum absolute atomic E-state index is 13.7. The van der Waals surface area contributed by atoms with Crippen LogP contribution in [0.5, 0.6) is 5.75 Å². The molecule has 0 radical (unpaired) electrons. The van der Waals surface area contributed by atoms with Gasteiger partial charge in [0.05, 0.1) is 5.69 Å². The van der Waals surface area contributed by atoms with Crippen molar-refractivity contribution >= 4 is 27.5 Å². The number of halogens is 2. The minimum absolute atomic E-state index is 0.133. The van der Waals surface area contributed by atoms with Crippen LogP contribution >= 0.6 is 15.9 Å². The molecule has 1 aliphatic carbocycles. The zero-order valence-electron chi connectivity index (χ0n) is 12.6. The molecular formula is C18H17BrFNO2. The van der Waals surface area contributed by atoms with Crippen molar-refractivity contribution in [3.63, 3.8) is 0 Å². The minimum atomic E-state index is -0.482. The van der Waals surface area contributed by atoms with Gasteiger partial charge in [0, 0.05) is 4.47 Å². The van der Waals surface area contributed by atoms with Crippen molar-refractivity contribution in [3.05, 3.63) is 57.8 Å². The Morgan fingerprint density at radius 2 is 2.04 bits per heavy atom. The fourth-order valence-electron chi connectivity index (χ4n) is 2.80. The van der Waals surface area contributed by atoms with Crippen LogP contribution in [-0.2, 0) is 17.6 Å². The van der Waals surface area contributed by atoms with Gasteiger partial charge in [-0.1, -0.05) is 28.1 Å². The average Bonchev–Trinajstić information content (AvgIpc) is 2.55. The number of carbonyl (C=O) groups is 1. The Balaban J connectivity index is 1.63. The standard InChI is InChI=1S/C18H17BrFNO2/c19-13-8-9-16(15(20)10-13)21-18(22)11-23-17-7-3-5-12-4-1-2-6-14(12)17/h3,5,7-10H,1-2,4,6,11H2,(H,21,22). The van der Waals surface area contributed by atoms with Gasteiger partial charge in [0.15, 0.2) is 6.61 Å². The summed E-state index contributed by atoms with van der Waals surface area (Å²) in [6.45, 7) is -0.133. The highest BCUT2D eigenvalue weighted by Gasteiger charge is 2.15. The highest BCUT2D eigenvalue weighted by atomic mass is 79.9. The van der Waals surface area contributed by atoms with Gasteiger partial charge in [0.25, 0.3) is 5.91 Å². The number of aryl methyl sites for hydroxylation is 1. The molecule has 0 heterocycles. The predicted octanol–water partition coefficient (Wildman–Crippen LogP) is 4.48. The highest BCUT2D eigenvalue weighted by molar-refractivity contribution is 9.10. The Hall–Kier alpha value is -1.88. The Morgan fingerprint density at radius 1 is 1.22 bits per heavy atom. The topological polar surface area (TPSA) is 38.3 Å². The summed E-state index contributed by atoms with van der Waals surface area (Å²) in [5, 5.41) is 2.53. The van der Waals surface area contributed by atoms with Crippen LogP contribution in [0.3, 0.4) is 0 Å². The third-order valence-corrected chi connectivity index (χ3v) is 4.41. The summed E-state index contributed by atoms with van der Waals surface area (Å²) in [5.41, 5.74) is 2.64. The third kappa shape index (κ3) is 3.91. The first kappa shape index (κ1) is 16.0. The minimum Gasteiger partial charge on any atom is -0.483 e. The quantitative estimate of drug-likeness (QED) is 0.852. The van der Waals surface area contributed by atoms with Gasteiger partial charge >= 0.3 is 0 Å². The lowest BCUT2D eigenvalue weighted by Gasteiger charge is -2.19. The molecule has 0 saturated heterocycles. The maximum atomic E-state index is 13.7. The van der Waals surface area contributed by atoms with E-state index in [1.54, 1.807) is 6.07 Å². The number of anilines is 1. The van der Waals surface area contributed by atoms with E-state index < -0.39 is 5.82 Å². The number of hydrogen-bond donors (Lipinski definition) is 1. The second kappa shape index (κ2) is 7.13. The predicted molar refractivity (Wildman–Crippen MR) is 91.3 cm³/mol. The van der Waals surface area contributed by atoms with E-state index in [0.717, 1.165) is 25.0 Å². The molecule has 3 rings (SSSR count). The van der Waals surface area contributed by atoms with Crippen LogP contribution in [-0.4, -0.2) is 12.5 Å². The average molecular weight is 378 g/mol. The fraction of sp³-hybridized carbons (Fsp3) is 0.278. The monoisotopic (exact) mass is 377 g/mol. The number of fused-ring (bicyclic) bond motifs is 1. The summed E-state index contributed by atoms with van der Waals surface area (Å²) in [6.07, 6.45) is 4.38. The number of nitrogens with one attached hydrogen (secondary N) is 1. The van der Waals surface area contributed by atoms with Crippen LogP contribution in [0.1, 0.15) is 24.0 Å². The molecule has 0 atom stereocenters. The molecule has 0 aromatic heterocycles. The van der Waals surface area contributed by atoms with E-state index in [1.807, 2.05) is 12.1 Å². The molecule has 0 spiro atoms. The van der Waals surface area contributed by atoms with Crippen molar-refractivity contribution in [2.75, 3.05) is 11.9 Å². The molecule has 2 aromatic carbocycles. The van der Waals surface area contributed by atoms with Crippen LogP contribution in [0.4, 0.5) is 10.1 Å². The highest BCUT2D eigenvalue weighted by Crippen LogP contribution is 2.29. The van der Waals surface area contributed by atoms with Crippen molar-refractivity contribution in [1.29, 1.82) is 0 Å². The number of carbonyl (C=O) groups excluding carboxylic acids is 1. The van der Waals surface area contributed by atoms with E-state index in [-0.39, 0.29) is 18.2 Å². The zero-order valence-corrected chi connectivity index (χ0v) is 14.2. The fourth-order valence-corrected chi connectivity index (χ4v) is 3.14. The van der Waals surface area contributed by atoms with Crippen molar-refractivity contribution in [1.82, 2.24) is 0 Å². The summed E-state index contributed by atoms with van der Waals surface area (Å²) in [6, 6.07) is 10.4. The van der Waals surface area contributed by atoms with Gasteiger partial charge in [-0.25, -0.2) is 4.39 Å². The second-order valence-corrected chi connectivity index (χ2v) is 6.48. The van der Waals surface area contributed by atoms with E-state index in [0.29, 0.717) is 4.47 Å². The lowest BCUT2D eigenvalue weighted by molar-refractivity contribution is -0.118. The van der Waals surface area contributed by atoms with Gasteiger partial charge in [-0.15, -0.1) is 0 Å². The van der Waals surface area contributed by atoms with E-state index in [2.05, 4.69) is 27.3 Å². The van der Waals surface area contributed by atoms with E-state index in [4.69, 9.17) is 4.74 Å². The van der Waals surface area contributed by atoms with Gasteiger partial charge < -0.3 is 10.1 Å². The Morgan fingerprint density at radius 3 is 2.87 bits per heavy atom. The molecule has 0 aliphatic heterocycles. The molecule has 1 N–H and O–H groups in total. The summed E-state index contributed by atoms with van der Waals surface area (Å²) >= 11 is 3.18. The van der Waals surface area contributed by atoms with E-state index in [1.165, 1.54) is 29.7 Å². The lowest BCUT2D eigenvalue weighted by atomic mass is 9.91. The SMILES string of the molecule is O=C(COc1cccc2c1CCCC2)Nc1ccc(Br)cc1F. The largest absolute Gasteiger partial charge is 0.483 e. The number of amides is 1. The van der Waals surface area contributed by atoms with Crippen LogP contribution in [0.2, 0.25) is 0 Å². The summed E-state index contributed by atoms with van der Waals surface area (Å²) in [5.74, 6) is -0.0990. The Bertz CT molecular complexity index is 733. The number of ether oxygens (including phenoxy) is 1. The van der Waals surface area contributed by atoms with E-state index >= 15 is 0 Å². The second-order valence-electron chi connectivity index (χ2n) is 5.56. The van der Waals surface area contributed by atoms with E-state index in [9.17, 15) is 9.18 Å². The molecule has 0 fully saturated rings. The number of rotatable bonds is 4. The molecule has 0 saturated carbocycles. The van der Waals surface area contributed by atoms with Gasteiger partial charge in [0.2, 0.25) is 0 Å². The van der Waals surface area contributed by atoms with Crippen molar-refractivity contribution in [2.24, 2.45) is 0 Å². The number of benzene rings is 2. The van der Waals surface area contributed by atoms with Gasteiger partial charge in [-0.3, -0.25) is 4.79 Å². The molecule has 1 amide bonds. The molecule has 5 heteroatoms. The van der Waals surface area contributed by atoms with Crippen LogP contribution in [0.15, 0.2) is 40.9 Å². The summed E-state index contributed by atoms with van der Waals surface area (Å²) < 4.78 is 20.0. The van der Waals surface area contributed by atoms with Crippen molar-refractivity contribution < 1.29 is 13.9 Å². The van der Waals surface area contributed by atoms with Gasteiger partial charge in [-0.2, -0.15) is 0 Å². The molecule has 120 valence electrons. The first-order chi connectivity index (χ1) is 11.1. The smallest absolute Gasteiger partial charge is 0.262 e. The molecule has 0 bridgehead atoms. The Labute approximate surface area is 143 Å². The first-order valence-corrected chi connectivity index (χ1v) is 8.41. The van der Waals surface area contributed by atoms with Crippen LogP contribution < -0.4 is 10.1 Å². The summed E-state index contributed by atoms with van der Waals surface area (Å²) in [7, 11) is 0. The van der Waals surface area contributed by atoms with Gasteiger partial charge in [-0.05, 0) is 61.1 Å². The maximum Gasteiger partial charge on any atom is 0.262 e. The zero-order chi connectivity index (χ0) is 16.2. The Kier molecular flexibility index (Phi) is 4.96. The molecule has 2 aromatic rings. The number of hydrogen-bond acceptors (Lipinski definition) is 2. The lowest BCUT2D eigenvalue weighted by Crippen LogP contribution is -2.21. The van der Waals surface area contributed by atoms with Crippen molar-refractivity contribution in [2.45, 2.75) is 25.7 Å². The van der Waals surface area contributed by atoms with Crippen LogP contribution in [0, 0.1) is 5.82 Å². The molecule has 0 unspecified atom stereocenters. The normalized spacial score (nSPS) is 13.3. The van der Waals surface area contributed by atoms with Crippen LogP contribution in [0.25, 0.3) is 0 Å². The molecule has 3 nitrogen and oxygen atoms in total. The third-order valence-electron chi connectivity index (χ3n) is 3.92. The molecule has 1 aliphatic rings. The van der Waals surface area contributed by atoms with Gasteiger partial charge in [0.1, 0.15) is 11.6 Å². The molecule has 23 heavy (non-hydrogen) atoms. The van der Waals surface area contributed by atoms with Crippen molar-refractivity contribution in [3.8, 4) is 5.75 Å². The first-order valence-electron chi connectivity index (χ1n) is 7.62. The summed E-state index contributed by atoms with van der Waals surface area (Å²) in [4.78, 5) is 12.0. The molecular weight excluding hydrogens is 361 g/mol.